The molecule has 0 saturated carbocycles. The Kier molecular flexibility index (Phi) is 3.48. The van der Waals surface area contributed by atoms with Gasteiger partial charge in [0.15, 0.2) is 0 Å². The van der Waals surface area contributed by atoms with Crippen molar-refractivity contribution in [1.29, 1.82) is 0 Å². The molecule has 1 rings (SSSR count). The van der Waals surface area contributed by atoms with Crippen LogP contribution in [-0.2, 0) is 0 Å². The first-order chi connectivity index (χ1) is 6.49. The van der Waals surface area contributed by atoms with Crippen LogP contribution in [-0.4, -0.2) is 13.1 Å². The van der Waals surface area contributed by atoms with Crippen LogP contribution in [0.1, 0.15) is 27.7 Å². The normalized spacial score (nSPS) is 12.5. The lowest BCUT2D eigenvalue weighted by atomic mass is 10.5. The molecule has 78 valence electrons. The third-order valence-electron chi connectivity index (χ3n) is 3.62. The maximum absolute atomic E-state index is 4.56. The number of nitrogens with zero attached hydrogens (tertiary/aromatic N) is 1. The molecule has 0 bridgehead atoms. The van der Waals surface area contributed by atoms with Crippen molar-refractivity contribution in [2.24, 2.45) is 0 Å². The van der Waals surface area contributed by atoms with Crippen molar-refractivity contribution < 1.29 is 0 Å². The van der Waals surface area contributed by atoms with Gasteiger partial charge in [0.2, 0.25) is 0 Å². The lowest BCUT2D eigenvalue weighted by Crippen LogP contribution is -2.51. The molecule has 14 heavy (non-hydrogen) atoms. The number of hydrogen-bond acceptors (Lipinski definition) is 1. The van der Waals surface area contributed by atoms with E-state index in [0.717, 1.165) is 11.1 Å². The van der Waals surface area contributed by atoms with Crippen molar-refractivity contribution in [2.45, 2.75) is 45.3 Å². The van der Waals surface area contributed by atoms with Crippen molar-refractivity contribution in [3.63, 3.8) is 0 Å². The molecule has 0 atom stereocenters. The topological polar surface area (TPSA) is 12.9 Å². The van der Waals surface area contributed by atoms with Gasteiger partial charge < -0.3 is 0 Å². The fourth-order valence-corrected chi connectivity index (χ4v) is 5.26. The summed E-state index contributed by atoms with van der Waals surface area (Å²) in [5, 5.41) is 1.35. The summed E-state index contributed by atoms with van der Waals surface area (Å²) in [5.41, 5.74) is 1.50. The van der Waals surface area contributed by atoms with Crippen molar-refractivity contribution in [3.05, 3.63) is 24.4 Å². The minimum Gasteiger partial charge on any atom is -0.266 e. The second kappa shape index (κ2) is 4.26. The zero-order valence-corrected chi connectivity index (χ0v) is 10.9. The monoisotopic (exact) mass is 207 g/mol. The average molecular weight is 207 g/mol. The number of pyridine rings is 1. The molecule has 0 aliphatic heterocycles. The van der Waals surface area contributed by atoms with Gasteiger partial charge in [-0.1, -0.05) is 40.3 Å². The lowest BCUT2D eigenvalue weighted by molar-refractivity contribution is 0.912. The Morgan fingerprint density at radius 1 is 1.07 bits per heavy atom. The molecule has 0 aliphatic carbocycles. The fraction of sp³-hybridized carbons (Fsp3) is 0.583. The highest BCUT2D eigenvalue weighted by molar-refractivity contribution is 6.92. The second-order valence-corrected chi connectivity index (χ2v) is 10.2. The van der Waals surface area contributed by atoms with Crippen LogP contribution in [0, 0.1) is 0 Å². The van der Waals surface area contributed by atoms with E-state index in [1.807, 2.05) is 12.3 Å². The van der Waals surface area contributed by atoms with Crippen LogP contribution in [0.2, 0.25) is 17.6 Å². The molecule has 0 amide bonds. The first kappa shape index (κ1) is 11.4. The maximum atomic E-state index is 4.56. The Morgan fingerprint density at radius 3 is 2.00 bits per heavy atom. The Bertz CT molecular complexity index is 272. The van der Waals surface area contributed by atoms with Gasteiger partial charge in [-0.3, -0.25) is 4.98 Å². The van der Waals surface area contributed by atoms with E-state index in [9.17, 15) is 0 Å². The molecule has 0 fully saturated rings. The molecule has 0 spiro atoms. The van der Waals surface area contributed by atoms with E-state index in [0.29, 0.717) is 0 Å². The van der Waals surface area contributed by atoms with E-state index in [2.05, 4.69) is 51.4 Å². The maximum Gasteiger partial charge on any atom is 0.112 e. The van der Waals surface area contributed by atoms with Gasteiger partial charge in [-0.15, -0.1) is 0 Å². The van der Waals surface area contributed by atoms with Gasteiger partial charge in [-0.2, -0.15) is 0 Å². The lowest BCUT2D eigenvalue weighted by Gasteiger charge is -2.34. The summed E-state index contributed by atoms with van der Waals surface area (Å²) >= 11 is 0. The van der Waals surface area contributed by atoms with Gasteiger partial charge in [-0.05, 0) is 23.2 Å². The van der Waals surface area contributed by atoms with Crippen LogP contribution < -0.4 is 5.32 Å². The molecule has 1 aromatic rings. The quantitative estimate of drug-likeness (QED) is 0.694. The summed E-state index contributed by atoms with van der Waals surface area (Å²) in [4.78, 5) is 4.56. The largest absolute Gasteiger partial charge is 0.266 e. The van der Waals surface area contributed by atoms with Gasteiger partial charge >= 0.3 is 0 Å². The van der Waals surface area contributed by atoms with Crippen LogP contribution in [0.3, 0.4) is 0 Å². The van der Waals surface area contributed by atoms with E-state index in [4.69, 9.17) is 0 Å². The van der Waals surface area contributed by atoms with E-state index < -0.39 is 8.07 Å². The van der Waals surface area contributed by atoms with Gasteiger partial charge in [0.05, 0.1) is 0 Å². The minimum atomic E-state index is -1.39. The first-order valence-corrected chi connectivity index (χ1v) is 8.06. The summed E-state index contributed by atoms with van der Waals surface area (Å²) in [5.74, 6) is 0. The molecule has 0 radical (unpaired) electrons. The molecule has 0 aliphatic rings. The Labute approximate surface area is 88.6 Å². The van der Waals surface area contributed by atoms with Crippen molar-refractivity contribution in [1.82, 2.24) is 4.98 Å². The predicted molar refractivity (Wildman–Crippen MR) is 65.7 cm³/mol. The van der Waals surface area contributed by atoms with Crippen molar-refractivity contribution in [2.75, 3.05) is 0 Å². The first-order valence-electron chi connectivity index (χ1n) is 5.41. The van der Waals surface area contributed by atoms with Gasteiger partial charge in [0.25, 0.3) is 0 Å². The Morgan fingerprint density at radius 2 is 1.64 bits per heavy atom. The van der Waals surface area contributed by atoms with Gasteiger partial charge in [0, 0.05) is 11.5 Å². The Hall–Kier alpha value is -0.633. The molecule has 0 aromatic carbocycles. The van der Waals surface area contributed by atoms with Crippen LogP contribution in [0.5, 0.6) is 0 Å². The highest BCUT2D eigenvalue weighted by Gasteiger charge is 2.37. The molecule has 0 N–H and O–H groups in total. The molecular formula is C12H21NSi. The molecule has 1 nitrogen and oxygen atoms in total. The summed E-state index contributed by atoms with van der Waals surface area (Å²) in [6, 6.07) is 6.31. The zero-order chi connectivity index (χ0) is 10.8. The summed E-state index contributed by atoms with van der Waals surface area (Å²) in [6.07, 6.45) is 1.92. The number of rotatable bonds is 3. The SMILES string of the molecule is CC(C)[Si](C)(c1ccccn1)C(C)C. The average Bonchev–Trinajstić information content (AvgIpc) is 2.17. The molecule has 1 heterocycles. The molecule has 2 heteroatoms. The minimum absolute atomic E-state index is 0.748. The van der Waals surface area contributed by atoms with E-state index >= 15 is 0 Å². The molecule has 1 aromatic heterocycles. The number of hydrogen-bond donors (Lipinski definition) is 0. The van der Waals surface area contributed by atoms with E-state index in [1.165, 1.54) is 5.32 Å². The molecular weight excluding hydrogens is 186 g/mol. The highest BCUT2D eigenvalue weighted by Crippen LogP contribution is 2.30. The number of aromatic nitrogens is 1. The second-order valence-electron chi connectivity index (χ2n) is 4.81. The standard InChI is InChI=1S/C12H21NSi/c1-10(2)14(5,11(3)4)12-8-6-7-9-13-12/h6-11H,1-5H3. The summed E-state index contributed by atoms with van der Waals surface area (Å²) < 4.78 is 0. The Balaban J connectivity index is 3.13. The molecule has 0 unspecified atom stereocenters. The van der Waals surface area contributed by atoms with Crippen LogP contribution >= 0.6 is 0 Å². The summed E-state index contributed by atoms with van der Waals surface area (Å²) in [7, 11) is -1.39. The summed E-state index contributed by atoms with van der Waals surface area (Å²) in [6.45, 7) is 11.8. The highest BCUT2D eigenvalue weighted by atomic mass is 28.3. The molecule has 0 saturated heterocycles. The van der Waals surface area contributed by atoms with Crippen LogP contribution in [0.15, 0.2) is 24.4 Å². The van der Waals surface area contributed by atoms with Crippen molar-refractivity contribution >= 4 is 13.4 Å². The van der Waals surface area contributed by atoms with Crippen molar-refractivity contribution in [3.8, 4) is 0 Å². The predicted octanol–water partition coefficient (Wildman–Crippen LogP) is 3.19. The fourth-order valence-electron chi connectivity index (χ4n) is 1.94. The van der Waals surface area contributed by atoms with Crippen LogP contribution in [0.4, 0.5) is 0 Å². The van der Waals surface area contributed by atoms with E-state index in [-0.39, 0.29) is 0 Å². The van der Waals surface area contributed by atoms with Gasteiger partial charge in [-0.25, -0.2) is 0 Å². The van der Waals surface area contributed by atoms with Gasteiger partial charge in [0.1, 0.15) is 8.07 Å². The van der Waals surface area contributed by atoms with E-state index in [1.54, 1.807) is 0 Å². The van der Waals surface area contributed by atoms with Crippen LogP contribution in [0.25, 0.3) is 0 Å². The third-order valence-corrected chi connectivity index (χ3v) is 9.81. The third kappa shape index (κ3) is 1.90. The zero-order valence-electron chi connectivity index (χ0n) is 9.91. The smallest absolute Gasteiger partial charge is 0.112 e.